The van der Waals surface area contributed by atoms with E-state index in [1.54, 1.807) is 12.1 Å². The number of benzene rings is 1. The predicted molar refractivity (Wildman–Crippen MR) is 93.8 cm³/mol. The molecule has 1 aromatic carbocycles. The van der Waals surface area contributed by atoms with Gasteiger partial charge in [0.1, 0.15) is 0 Å². The van der Waals surface area contributed by atoms with Crippen molar-refractivity contribution in [3.05, 3.63) is 35.9 Å². The zero-order chi connectivity index (χ0) is 16.8. The number of carbonyl (C=O) groups excluding carboxylic acids is 2. The molecule has 2 amide bonds. The van der Waals surface area contributed by atoms with E-state index in [1.807, 2.05) is 23.1 Å². The van der Waals surface area contributed by atoms with Gasteiger partial charge >= 0.3 is 0 Å². The van der Waals surface area contributed by atoms with Crippen molar-refractivity contribution in [2.24, 2.45) is 0 Å². The van der Waals surface area contributed by atoms with Gasteiger partial charge in [-0.3, -0.25) is 14.5 Å². The summed E-state index contributed by atoms with van der Waals surface area (Å²) < 4.78 is 0. The lowest BCUT2D eigenvalue weighted by Crippen LogP contribution is -2.39. The molecule has 0 spiro atoms. The quantitative estimate of drug-likeness (QED) is 0.840. The number of amides is 2. The van der Waals surface area contributed by atoms with E-state index in [0.29, 0.717) is 31.0 Å². The molecule has 24 heavy (non-hydrogen) atoms. The molecule has 0 aromatic heterocycles. The Bertz CT molecular complexity index is 561. The van der Waals surface area contributed by atoms with E-state index in [9.17, 15) is 9.59 Å². The first-order valence-corrected chi connectivity index (χ1v) is 9.09. The molecule has 2 fully saturated rings. The fourth-order valence-corrected chi connectivity index (χ4v) is 3.72. The van der Waals surface area contributed by atoms with Crippen LogP contribution in [0, 0.1) is 0 Å². The second kappa shape index (κ2) is 8.29. The van der Waals surface area contributed by atoms with Gasteiger partial charge in [0.2, 0.25) is 5.91 Å². The summed E-state index contributed by atoms with van der Waals surface area (Å²) in [5, 5.41) is 2.89. The van der Waals surface area contributed by atoms with Crippen LogP contribution in [0.4, 0.5) is 0 Å². The number of hydrogen-bond donors (Lipinski definition) is 1. The highest BCUT2D eigenvalue weighted by atomic mass is 16.2. The van der Waals surface area contributed by atoms with Crippen LogP contribution >= 0.6 is 0 Å². The van der Waals surface area contributed by atoms with Gasteiger partial charge in [-0.25, -0.2) is 0 Å². The Labute approximate surface area is 144 Å². The topological polar surface area (TPSA) is 52.7 Å². The van der Waals surface area contributed by atoms with Crippen LogP contribution in [0.3, 0.4) is 0 Å². The summed E-state index contributed by atoms with van der Waals surface area (Å²) in [7, 11) is 0. The molecule has 0 unspecified atom stereocenters. The molecule has 0 aliphatic carbocycles. The third kappa shape index (κ3) is 4.35. The third-order valence-electron chi connectivity index (χ3n) is 5.05. The van der Waals surface area contributed by atoms with Gasteiger partial charge in [0, 0.05) is 44.2 Å². The second-order valence-electron chi connectivity index (χ2n) is 6.75. The first-order valence-electron chi connectivity index (χ1n) is 9.09. The molecule has 2 aliphatic rings. The molecule has 2 heterocycles. The van der Waals surface area contributed by atoms with Gasteiger partial charge in [-0.15, -0.1) is 0 Å². The van der Waals surface area contributed by atoms with Crippen LogP contribution in [0.2, 0.25) is 0 Å². The maximum atomic E-state index is 12.4. The molecular weight excluding hydrogens is 302 g/mol. The largest absolute Gasteiger partial charge is 0.352 e. The Morgan fingerprint density at radius 2 is 1.88 bits per heavy atom. The smallest absolute Gasteiger partial charge is 0.251 e. The van der Waals surface area contributed by atoms with Crippen LogP contribution in [-0.2, 0) is 4.79 Å². The molecule has 2 saturated heterocycles. The number of rotatable bonds is 5. The number of carbonyl (C=O) groups is 2. The van der Waals surface area contributed by atoms with Crippen LogP contribution in [-0.4, -0.2) is 60.4 Å². The van der Waals surface area contributed by atoms with E-state index in [-0.39, 0.29) is 11.8 Å². The maximum Gasteiger partial charge on any atom is 0.251 e. The lowest BCUT2D eigenvalue weighted by Gasteiger charge is -2.25. The molecule has 0 saturated carbocycles. The zero-order valence-corrected chi connectivity index (χ0v) is 14.2. The molecular formula is C19H27N3O2. The van der Waals surface area contributed by atoms with E-state index >= 15 is 0 Å². The highest BCUT2D eigenvalue weighted by molar-refractivity contribution is 5.94. The lowest BCUT2D eigenvalue weighted by atomic mass is 10.2. The van der Waals surface area contributed by atoms with Crippen LogP contribution in [0.15, 0.2) is 30.3 Å². The van der Waals surface area contributed by atoms with Crippen molar-refractivity contribution in [3.8, 4) is 0 Å². The van der Waals surface area contributed by atoms with E-state index in [0.717, 1.165) is 26.1 Å². The normalized spacial score (nSPS) is 21.2. The first-order chi connectivity index (χ1) is 11.7. The molecule has 5 heteroatoms. The van der Waals surface area contributed by atoms with Gasteiger partial charge in [-0.2, -0.15) is 0 Å². The summed E-state index contributed by atoms with van der Waals surface area (Å²) in [5.74, 6) is 0.164. The molecule has 0 bridgehead atoms. The van der Waals surface area contributed by atoms with Gasteiger partial charge in [-0.05, 0) is 44.4 Å². The zero-order valence-electron chi connectivity index (χ0n) is 14.2. The highest BCUT2D eigenvalue weighted by Crippen LogP contribution is 2.21. The number of nitrogens with zero attached hydrogens (tertiary/aromatic N) is 2. The Kier molecular flexibility index (Phi) is 5.86. The lowest BCUT2D eigenvalue weighted by molar-refractivity contribution is -0.131. The molecule has 2 aliphatic heterocycles. The van der Waals surface area contributed by atoms with Crippen LogP contribution in [0.5, 0.6) is 0 Å². The van der Waals surface area contributed by atoms with E-state index in [1.165, 1.54) is 19.4 Å². The average molecular weight is 329 g/mol. The summed E-state index contributed by atoms with van der Waals surface area (Å²) >= 11 is 0. The third-order valence-corrected chi connectivity index (χ3v) is 5.05. The summed E-state index contributed by atoms with van der Waals surface area (Å²) in [6.45, 7) is 4.63. The van der Waals surface area contributed by atoms with Gasteiger partial charge in [0.15, 0.2) is 0 Å². The Balaban J connectivity index is 1.38. The van der Waals surface area contributed by atoms with Crippen LogP contribution in [0.25, 0.3) is 0 Å². The van der Waals surface area contributed by atoms with E-state index < -0.39 is 0 Å². The first kappa shape index (κ1) is 17.0. The minimum atomic E-state index is -0.0700. The van der Waals surface area contributed by atoms with Crippen molar-refractivity contribution in [2.45, 2.75) is 38.1 Å². The monoisotopic (exact) mass is 329 g/mol. The fraction of sp³-hybridized carbons (Fsp3) is 0.579. The van der Waals surface area contributed by atoms with Crippen molar-refractivity contribution < 1.29 is 9.59 Å². The standard InChI is InChI=1S/C19H27N3O2/c23-18(22-14-6-13-21-12-5-9-17(21)15-22)10-4-11-20-19(24)16-7-2-1-3-8-16/h1-3,7-8,17H,4-6,9-15H2,(H,20,24)/t17-/m1/s1. The van der Waals surface area contributed by atoms with Gasteiger partial charge in [0.05, 0.1) is 0 Å². The minimum Gasteiger partial charge on any atom is -0.352 e. The number of nitrogens with one attached hydrogen (secondary N) is 1. The molecule has 130 valence electrons. The average Bonchev–Trinajstić information content (AvgIpc) is 2.95. The van der Waals surface area contributed by atoms with E-state index in [2.05, 4.69) is 10.2 Å². The SMILES string of the molecule is O=C(NCCCC(=O)N1CCCN2CCC[C@@H]2C1)c1ccccc1. The van der Waals surface area contributed by atoms with E-state index in [4.69, 9.17) is 0 Å². The highest BCUT2D eigenvalue weighted by Gasteiger charge is 2.30. The molecule has 1 aromatic rings. The Hall–Kier alpha value is -1.88. The minimum absolute atomic E-state index is 0.0700. The second-order valence-corrected chi connectivity index (χ2v) is 6.75. The van der Waals surface area contributed by atoms with Crippen LogP contribution in [0.1, 0.15) is 42.5 Å². The molecule has 5 nitrogen and oxygen atoms in total. The van der Waals surface area contributed by atoms with Crippen molar-refractivity contribution in [2.75, 3.05) is 32.7 Å². The fourth-order valence-electron chi connectivity index (χ4n) is 3.72. The maximum absolute atomic E-state index is 12.4. The van der Waals surface area contributed by atoms with Crippen molar-refractivity contribution in [1.29, 1.82) is 0 Å². The summed E-state index contributed by atoms with van der Waals surface area (Å²) in [4.78, 5) is 29.0. The Morgan fingerprint density at radius 1 is 1.08 bits per heavy atom. The van der Waals surface area contributed by atoms with Gasteiger partial charge < -0.3 is 10.2 Å². The van der Waals surface area contributed by atoms with Crippen molar-refractivity contribution in [1.82, 2.24) is 15.1 Å². The molecule has 3 rings (SSSR count). The molecule has 1 N–H and O–H groups in total. The van der Waals surface area contributed by atoms with Crippen molar-refractivity contribution in [3.63, 3.8) is 0 Å². The molecule has 1 atom stereocenters. The predicted octanol–water partition coefficient (Wildman–Crippen LogP) is 1.89. The van der Waals surface area contributed by atoms with Crippen molar-refractivity contribution >= 4 is 11.8 Å². The van der Waals surface area contributed by atoms with Gasteiger partial charge in [0.25, 0.3) is 5.91 Å². The summed E-state index contributed by atoms with van der Waals surface area (Å²) in [6, 6.07) is 9.75. The van der Waals surface area contributed by atoms with Gasteiger partial charge in [-0.1, -0.05) is 18.2 Å². The number of hydrogen-bond acceptors (Lipinski definition) is 3. The van der Waals surface area contributed by atoms with Crippen LogP contribution < -0.4 is 5.32 Å². The summed E-state index contributed by atoms with van der Waals surface area (Å²) in [5.41, 5.74) is 0.665. The molecule has 0 radical (unpaired) electrons. The Morgan fingerprint density at radius 3 is 2.71 bits per heavy atom. The summed E-state index contributed by atoms with van der Waals surface area (Å²) in [6.07, 6.45) is 4.77. The number of fused-ring (bicyclic) bond motifs is 1.